The van der Waals surface area contributed by atoms with E-state index < -0.39 is 17.9 Å². The van der Waals surface area contributed by atoms with Gasteiger partial charge in [-0.3, -0.25) is 14.9 Å². The van der Waals surface area contributed by atoms with Crippen molar-refractivity contribution in [3.63, 3.8) is 0 Å². The van der Waals surface area contributed by atoms with Gasteiger partial charge in [-0.2, -0.15) is 0 Å². The Labute approximate surface area is 169 Å². The zero-order chi connectivity index (χ0) is 19.4. The summed E-state index contributed by atoms with van der Waals surface area (Å²) in [7, 11) is 0. The van der Waals surface area contributed by atoms with Gasteiger partial charge in [0.2, 0.25) is 11.0 Å². The summed E-state index contributed by atoms with van der Waals surface area (Å²) in [6, 6.07) is 13.2. The Morgan fingerprint density at radius 1 is 1.07 bits per heavy atom. The molecule has 1 heterocycles. The van der Waals surface area contributed by atoms with Gasteiger partial charge < -0.3 is 5.32 Å². The van der Waals surface area contributed by atoms with Crippen LogP contribution >= 0.6 is 34.5 Å². The lowest BCUT2D eigenvalue weighted by molar-refractivity contribution is -0.117. The van der Waals surface area contributed by atoms with Crippen LogP contribution in [0.3, 0.4) is 0 Å². The first-order valence-corrected chi connectivity index (χ1v) is 9.47. The monoisotopic (exact) mass is 420 g/mol. The molecule has 0 fully saturated rings. The van der Waals surface area contributed by atoms with Crippen LogP contribution in [-0.2, 0) is 4.79 Å². The molecular formula is C18H14Cl2N4O2S. The van der Waals surface area contributed by atoms with Gasteiger partial charge in [0, 0.05) is 10.6 Å². The average molecular weight is 421 g/mol. The normalized spacial score (nSPS) is 11.7. The average Bonchev–Trinajstić information content (AvgIpc) is 3.10. The number of hydrogen-bond acceptors (Lipinski definition) is 5. The number of carbonyl (C=O) groups excluding carboxylic acids is 2. The van der Waals surface area contributed by atoms with Crippen LogP contribution in [-0.4, -0.2) is 28.1 Å². The Hall–Kier alpha value is -2.48. The minimum atomic E-state index is -0.798. The van der Waals surface area contributed by atoms with E-state index in [1.165, 1.54) is 23.5 Å². The topological polar surface area (TPSA) is 84.0 Å². The number of carbonyl (C=O) groups is 2. The van der Waals surface area contributed by atoms with Crippen molar-refractivity contribution in [1.29, 1.82) is 0 Å². The third-order valence-electron chi connectivity index (χ3n) is 3.59. The van der Waals surface area contributed by atoms with Crippen molar-refractivity contribution in [2.24, 2.45) is 0 Å². The summed E-state index contributed by atoms with van der Waals surface area (Å²) in [5, 5.41) is 14.9. The SMILES string of the molecule is CC(NC(=O)c1ccc(Cl)cc1Cl)C(=O)Nc1nnc(-c2ccccc2)s1. The highest BCUT2D eigenvalue weighted by Crippen LogP contribution is 2.26. The molecule has 0 aliphatic rings. The van der Waals surface area contributed by atoms with Crippen molar-refractivity contribution >= 4 is 51.5 Å². The van der Waals surface area contributed by atoms with E-state index in [1.807, 2.05) is 30.3 Å². The molecule has 0 aliphatic heterocycles. The summed E-state index contributed by atoms with van der Waals surface area (Å²) < 4.78 is 0. The first-order chi connectivity index (χ1) is 12.9. The Kier molecular flexibility index (Phi) is 6.05. The second-order valence-corrected chi connectivity index (χ2v) is 7.41. The Morgan fingerprint density at radius 3 is 2.52 bits per heavy atom. The van der Waals surface area contributed by atoms with E-state index in [0.717, 1.165) is 5.56 Å². The minimum absolute atomic E-state index is 0.212. The molecular weight excluding hydrogens is 407 g/mol. The van der Waals surface area contributed by atoms with Gasteiger partial charge in [0.05, 0.1) is 10.6 Å². The van der Waals surface area contributed by atoms with Gasteiger partial charge in [-0.1, -0.05) is 64.9 Å². The van der Waals surface area contributed by atoms with E-state index in [1.54, 1.807) is 13.0 Å². The zero-order valence-corrected chi connectivity index (χ0v) is 16.4. The van der Waals surface area contributed by atoms with Gasteiger partial charge in [-0.05, 0) is 25.1 Å². The molecule has 0 spiro atoms. The number of nitrogens with one attached hydrogen (secondary N) is 2. The number of anilines is 1. The van der Waals surface area contributed by atoms with Gasteiger partial charge in [-0.15, -0.1) is 10.2 Å². The molecule has 0 saturated heterocycles. The first-order valence-electron chi connectivity index (χ1n) is 7.90. The van der Waals surface area contributed by atoms with Crippen LogP contribution in [0.4, 0.5) is 5.13 Å². The summed E-state index contributed by atoms with van der Waals surface area (Å²) in [4.78, 5) is 24.6. The molecule has 2 aromatic carbocycles. The first kappa shape index (κ1) is 19.3. The van der Waals surface area contributed by atoms with Gasteiger partial charge in [0.15, 0.2) is 0 Å². The molecule has 1 unspecified atom stereocenters. The van der Waals surface area contributed by atoms with Crippen molar-refractivity contribution in [1.82, 2.24) is 15.5 Å². The number of nitrogens with zero attached hydrogens (tertiary/aromatic N) is 2. The molecule has 9 heteroatoms. The van der Waals surface area contributed by atoms with E-state index >= 15 is 0 Å². The summed E-state index contributed by atoms with van der Waals surface area (Å²) in [6.45, 7) is 1.57. The number of halogens is 2. The smallest absolute Gasteiger partial charge is 0.253 e. The lowest BCUT2D eigenvalue weighted by atomic mass is 10.2. The molecule has 0 bridgehead atoms. The summed E-state index contributed by atoms with van der Waals surface area (Å²) in [6.07, 6.45) is 0. The quantitative estimate of drug-likeness (QED) is 0.645. The number of benzene rings is 2. The van der Waals surface area contributed by atoms with E-state index in [-0.39, 0.29) is 10.6 Å². The van der Waals surface area contributed by atoms with Crippen LogP contribution in [0.2, 0.25) is 10.0 Å². The zero-order valence-electron chi connectivity index (χ0n) is 14.1. The summed E-state index contributed by atoms with van der Waals surface area (Å²) >= 11 is 13.1. The third-order valence-corrected chi connectivity index (χ3v) is 5.03. The van der Waals surface area contributed by atoms with Crippen molar-refractivity contribution < 1.29 is 9.59 Å². The van der Waals surface area contributed by atoms with Crippen molar-refractivity contribution in [3.05, 3.63) is 64.1 Å². The van der Waals surface area contributed by atoms with Crippen molar-refractivity contribution in [2.75, 3.05) is 5.32 Å². The lowest BCUT2D eigenvalue weighted by Gasteiger charge is -2.13. The van der Waals surface area contributed by atoms with Crippen LogP contribution in [0.15, 0.2) is 48.5 Å². The molecule has 3 rings (SSSR count). The molecule has 2 amide bonds. The van der Waals surface area contributed by atoms with Crippen LogP contribution in [0, 0.1) is 0 Å². The molecule has 2 N–H and O–H groups in total. The van der Waals surface area contributed by atoms with Crippen molar-refractivity contribution in [3.8, 4) is 10.6 Å². The molecule has 1 aromatic heterocycles. The Morgan fingerprint density at radius 2 is 1.81 bits per heavy atom. The number of aromatic nitrogens is 2. The fraction of sp³-hybridized carbons (Fsp3) is 0.111. The molecule has 1 atom stereocenters. The molecule has 138 valence electrons. The predicted molar refractivity (Wildman–Crippen MR) is 107 cm³/mol. The van der Waals surface area contributed by atoms with E-state index in [4.69, 9.17) is 23.2 Å². The van der Waals surface area contributed by atoms with Crippen LogP contribution in [0.1, 0.15) is 17.3 Å². The second kappa shape index (κ2) is 8.47. The maximum absolute atomic E-state index is 12.3. The van der Waals surface area contributed by atoms with Gasteiger partial charge in [0.25, 0.3) is 5.91 Å². The predicted octanol–water partition coefficient (Wildman–Crippen LogP) is 4.27. The molecule has 0 aliphatic carbocycles. The van der Waals surface area contributed by atoms with E-state index in [2.05, 4.69) is 20.8 Å². The van der Waals surface area contributed by atoms with E-state index in [0.29, 0.717) is 15.2 Å². The third kappa shape index (κ3) is 4.82. The van der Waals surface area contributed by atoms with Crippen molar-refractivity contribution in [2.45, 2.75) is 13.0 Å². The second-order valence-electron chi connectivity index (χ2n) is 5.59. The molecule has 3 aromatic rings. The maximum Gasteiger partial charge on any atom is 0.253 e. The highest BCUT2D eigenvalue weighted by atomic mass is 35.5. The standard InChI is InChI=1S/C18H14Cl2N4O2S/c1-10(21-16(26)13-8-7-12(19)9-14(13)20)15(25)22-18-24-23-17(27-18)11-5-3-2-4-6-11/h2-10H,1H3,(H,21,26)(H,22,24,25). The molecule has 0 radical (unpaired) electrons. The number of amides is 2. The fourth-order valence-electron chi connectivity index (χ4n) is 2.20. The number of rotatable bonds is 5. The van der Waals surface area contributed by atoms with Gasteiger partial charge in [0.1, 0.15) is 11.0 Å². The van der Waals surface area contributed by atoms with Gasteiger partial charge in [-0.25, -0.2) is 0 Å². The highest BCUT2D eigenvalue weighted by molar-refractivity contribution is 7.18. The minimum Gasteiger partial charge on any atom is -0.340 e. The van der Waals surface area contributed by atoms with Crippen LogP contribution < -0.4 is 10.6 Å². The molecule has 0 saturated carbocycles. The highest BCUT2D eigenvalue weighted by Gasteiger charge is 2.20. The van der Waals surface area contributed by atoms with Crippen LogP contribution in [0.5, 0.6) is 0 Å². The molecule has 27 heavy (non-hydrogen) atoms. The van der Waals surface area contributed by atoms with E-state index in [9.17, 15) is 9.59 Å². The van der Waals surface area contributed by atoms with Gasteiger partial charge >= 0.3 is 0 Å². The Bertz CT molecular complexity index is 979. The maximum atomic E-state index is 12.3. The number of hydrogen-bond donors (Lipinski definition) is 2. The summed E-state index contributed by atoms with van der Waals surface area (Å²) in [5.74, 6) is -0.884. The van der Waals surface area contributed by atoms with Crippen LogP contribution in [0.25, 0.3) is 10.6 Å². The Balaban J connectivity index is 1.62. The largest absolute Gasteiger partial charge is 0.340 e. The lowest BCUT2D eigenvalue weighted by Crippen LogP contribution is -2.41. The fourth-order valence-corrected chi connectivity index (χ4v) is 3.44. The summed E-state index contributed by atoms with van der Waals surface area (Å²) in [5.41, 5.74) is 1.15. The molecule has 6 nitrogen and oxygen atoms in total.